The number of rotatable bonds is 4. The molecule has 4 aromatic heterocycles. The number of fused-ring (bicyclic) bond motifs is 9. The molecule has 7 aromatic carbocycles. The van der Waals surface area contributed by atoms with Crippen LogP contribution in [0.15, 0.2) is 118 Å². The fraction of sp³-hybridized carbons (Fsp3) is 0. The molecule has 0 bridgehead atoms. The summed E-state index contributed by atoms with van der Waals surface area (Å²) in [5, 5.41) is 4.74. The van der Waals surface area contributed by atoms with E-state index in [0.29, 0.717) is 44.6 Å². The topological polar surface area (TPSA) is 69.9 Å². The normalized spacial score (nSPS) is 11.9. The standard InChI is InChI=1S/C45H18B8N4O2/c46-32-30-31-33(47)35(49)37(51)39(53)41(31)57(40(30)38(52)36(50)34(32)48)45-55-43(19-7-2-1-3-8-19)54-44(56-45)21-13-15-24-26-17-20(14-16-28(26)58-29(24)18-21)22-10-6-11-25-23-9-4-5-12-27(23)59-42(22)25/h1-18H. The van der Waals surface area contributed by atoms with Crippen molar-refractivity contribution in [2.75, 3.05) is 0 Å². The van der Waals surface area contributed by atoms with Crippen LogP contribution in [0.5, 0.6) is 0 Å². The summed E-state index contributed by atoms with van der Waals surface area (Å²) < 4.78 is 14.5. The summed E-state index contributed by atoms with van der Waals surface area (Å²) in [5.41, 5.74) is 7.85. The Kier molecular flexibility index (Phi) is 7.84. The maximum atomic E-state index is 6.74. The molecule has 59 heavy (non-hydrogen) atoms. The molecule has 6 nitrogen and oxygen atoms in total. The summed E-state index contributed by atoms with van der Waals surface area (Å²) in [6.07, 6.45) is 0. The minimum Gasteiger partial charge on any atom is -0.456 e. The van der Waals surface area contributed by atoms with E-state index in [9.17, 15) is 0 Å². The quantitative estimate of drug-likeness (QED) is 0.260. The molecule has 0 aliphatic heterocycles. The maximum Gasteiger partial charge on any atom is 0.238 e. The Morgan fingerprint density at radius 3 is 1.68 bits per heavy atom. The fourth-order valence-corrected chi connectivity index (χ4v) is 8.28. The Balaban J connectivity index is 1.13. The van der Waals surface area contributed by atoms with Crippen molar-refractivity contribution in [2.24, 2.45) is 0 Å². The lowest BCUT2D eigenvalue weighted by atomic mass is 9.63. The van der Waals surface area contributed by atoms with Crippen LogP contribution in [0.25, 0.3) is 106 Å². The van der Waals surface area contributed by atoms with Gasteiger partial charge in [-0.1, -0.05) is 101 Å². The fourth-order valence-electron chi connectivity index (χ4n) is 8.28. The minimum atomic E-state index is 0.0717. The highest BCUT2D eigenvalue weighted by atomic mass is 16.3. The van der Waals surface area contributed by atoms with Crippen LogP contribution in [0.1, 0.15) is 0 Å². The second kappa shape index (κ2) is 13.0. The van der Waals surface area contributed by atoms with E-state index >= 15 is 0 Å². The van der Waals surface area contributed by atoms with Crippen molar-refractivity contribution >= 4 is 172 Å². The summed E-state index contributed by atoms with van der Waals surface area (Å²) in [6, 6.07) is 35.8. The number of nitrogens with zero attached hydrogens (tertiary/aromatic N) is 4. The Morgan fingerprint density at radius 1 is 0.390 bits per heavy atom. The van der Waals surface area contributed by atoms with Gasteiger partial charge in [0.05, 0.1) is 0 Å². The molecule has 14 heteroatoms. The first-order chi connectivity index (χ1) is 28.6. The van der Waals surface area contributed by atoms with Gasteiger partial charge in [0.2, 0.25) is 5.95 Å². The average Bonchev–Trinajstić information content (AvgIpc) is 3.96. The van der Waals surface area contributed by atoms with Gasteiger partial charge in [0.15, 0.2) is 11.6 Å². The summed E-state index contributed by atoms with van der Waals surface area (Å²) in [4.78, 5) is 15.0. The highest BCUT2D eigenvalue weighted by molar-refractivity contribution is 6.71. The number of para-hydroxylation sites is 2. The molecule has 11 rings (SSSR count). The first-order valence-corrected chi connectivity index (χ1v) is 18.6. The Morgan fingerprint density at radius 2 is 0.966 bits per heavy atom. The molecule has 0 saturated heterocycles. The molecule has 0 saturated carbocycles. The molecule has 0 unspecified atom stereocenters. The molecule has 0 aliphatic carbocycles. The number of benzene rings is 7. The maximum absolute atomic E-state index is 6.74. The number of hydrogen-bond donors (Lipinski definition) is 0. The van der Waals surface area contributed by atoms with Gasteiger partial charge in [-0.2, -0.15) is 9.97 Å². The Bertz CT molecular complexity index is 3540. The van der Waals surface area contributed by atoms with Crippen LogP contribution in [0.2, 0.25) is 0 Å². The van der Waals surface area contributed by atoms with E-state index < -0.39 is 0 Å². The van der Waals surface area contributed by atoms with Gasteiger partial charge in [0.25, 0.3) is 0 Å². The van der Waals surface area contributed by atoms with Crippen molar-refractivity contribution in [3.05, 3.63) is 109 Å². The molecule has 0 aliphatic rings. The lowest BCUT2D eigenvalue weighted by Gasteiger charge is -2.17. The molecule has 0 spiro atoms. The monoisotopic (exact) mass is 734 g/mol. The van der Waals surface area contributed by atoms with Crippen LogP contribution < -0.4 is 43.7 Å². The molecular formula is C45H18B8N4O2. The van der Waals surface area contributed by atoms with Crippen molar-refractivity contribution in [3.8, 4) is 39.9 Å². The zero-order valence-corrected chi connectivity index (χ0v) is 31.1. The van der Waals surface area contributed by atoms with E-state index in [2.05, 4.69) is 30.3 Å². The van der Waals surface area contributed by atoms with Crippen molar-refractivity contribution in [2.45, 2.75) is 0 Å². The van der Waals surface area contributed by atoms with Crippen LogP contribution in [0.3, 0.4) is 0 Å². The van der Waals surface area contributed by atoms with Crippen molar-refractivity contribution in [3.63, 3.8) is 0 Å². The van der Waals surface area contributed by atoms with Crippen molar-refractivity contribution in [1.82, 2.24) is 19.5 Å². The molecule has 0 atom stereocenters. The van der Waals surface area contributed by atoms with E-state index in [-0.39, 0.29) is 49.7 Å². The second-order valence-corrected chi connectivity index (χ2v) is 14.5. The van der Waals surface area contributed by atoms with Crippen LogP contribution in [-0.4, -0.2) is 82.3 Å². The van der Waals surface area contributed by atoms with Gasteiger partial charge < -0.3 is 8.83 Å². The Labute approximate surface area is 348 Å². The zero-order chi connectivity index (χ0) is 40.4. The van der Waals surface area contributed by atoms with Crippen molar-refractivity contribution < 1.29 is 8.83 Å². The van der Waals surface area contributed by atoms with Gasteiger partial charge in [-0.25, -0.2) is 4.98 Å². The van der Waals surface area contributed by atoms with Gasteiger partial charge in [0, 0.05) is 49.3 Å². The van der Waals surface area contributed by atoms with Gasteiger partial charge in [-0.05, 0) is 46.7 Å². The lowest BCUT2D eigenvalue weighted by molar-refractivity contribution is 0.668. The van der Waals surface area contributed by atoms with E-state index in [1.165, 1.54) is 0 Å². The number of hydrogen-bond acceptors (Lipinski definition) is 5. The molecular weight excluding hydrogens is 715 g/mol. The van der Waals surface area contributed by atoms with E-state index in [1.807, 2.05) is 78.9 Å². The van der Waals surface area contributed by atoms with Crippen LogP contribution >= 0.6 is 0 Å². The predicted octanol–water partition coefficient (Wildman–Crippen LogP) is 2.12. The van der Waals surface area contributed by atoms with Crippen LogP contribution in [0, 0.1) is 0 Å². The highest BCUT2D eigenvalue weighted by Gasteiger charge is 2.25. The Hall–Kier alpha value is -6.53. The van der Waals surface area contributed by atoms with E-state index in [4.69, 9.17) is 86.6 Å². The lowest BCUT2D eigenvalue weighted by Crippen LogP contribution is -2.49. The van der Waals surface area contributed by atoms with Gasteiger partial charge in [-0.15, -0.1) is 21.9 Å². The largest absolute Gasteiger partial charge is 0.456 e. The minimum absolute atomic E-state index is 0.0717. The summed E-state index contributed by atoms with van der Waals surface area (Å²) >= 11 is 0. The average molecular weight is 733 g/mol. The van der Waals surface area contributed by atoms with Gasteiger partial charge in [-0.3, -0.25) is 4.57 Å². The first-order valence-electron chi connectivity index (χ1n) is 18.6. The van der Waals surface area contributed by atoms with Gasteiger partial charge >= 0.3 is 0 Å². The molecule has 254 valence electrons. The molecule has 11 aromatic rings. The molecule has 0 N–H and O–H groups in total. The summed E-state index contributed by atoms with van der Waals surface area (Å²) in [7, 11) is 52.4. The smallest absolute Gasteiger partial charge is 0.238 e. The summed E-state index contributed by atoms with van der Waals surface area (Å²) in [6.45, 7) is 0. The van der Waals surface area contributed by atoms with E-state index in [0.717, 1.165) is 55.0 Å². The van der Waals surface area contributed by atoms with E-state index in [1.54, 1.807) is 4.57 Å². The van der Waals surface area contributed by atoms with Gasteiger partial charge in [0.1, 0.15) is 85.1 Å². The third-order valence-corrected chi connectivity index (χ3v) is 11.3. The molecule has 0 fully saturated rings. The summed E-state index contributed by atoms with van der Waals surface area (Å²) in [5.74, 6) is 0.821. The highest BCUT2D eigenvalue weighted by Crippen LogP contribution is 2.39. The third-order valence-electron chi connectivity index (χ3n) is 11.3. The number of furan rings is 2. The first kappa shape index (κ1) is 35.6. The SMILES string of the molecule is [B]c1c([B])c([B])c2c(c1[B])c1c([B])c([B])c([B])c([B])c1n2-c1nc(-c2ccccc2)nc(-c2ccc3c(c2)oc2ccc(-c4cccc5c4oc4ccccc45)cc23)n1. The molecule has 4 heterocycles. The zero-order valence-electron chi connectivity index (χ0n) is 31.1. The predicted molar refractivity (Wildman–Crippen MR) is 248 cm³/mol. The van der Waals surface area contributed by atoms with Crippen LogP contribution in [-0.2, 0) is 0 Å². The second-order valence-electron chi connectivity index (χ2n) is 14.5. The van der Waals surface area contributed by atoms with Crippen molar-refractivity contribution in [1.29, 1.82) is 0 Å². The molecule has 16 radical (unpaired) electrons. The third kappa shape index (κ3) is 5.14. The number of aromatic nitrogens is 4. The molecule has 0 amide bonds. The van der Waals surface area contributed by atoms with Crippen LogP contribution in [0.4, 0.5) is 0 Å².